The Morgan fingerprint density at radius 2 is 0.880 bits per heavy atom. The fourth-order valence-corrected chi connectivity index (χ4v) is 8.07. The number of hydrogen-bond acceptors (Lipinski definition) is 3. The molecule has 0 aliphatic heterocycles. The van der Waals surface area contributed by atoms with Gasteiger partial charge in [0.05, 0.1) is 17.1 Å². The number of anilines is 3. The summed E-state index contributed by atoms with van der Waals surface area (Å²) < 4.78 is 2.68. The van der Waals surface area contributed by atoms with Crippen molar-refractivity contribution < 1.29 is 14.4 Å². The summed E-state index contributed by atoms with van der Waals surface area (Å²) in [6.07, 6.45) is 0. The van der Waals surface area contributed by atoms with Crippen LogP contribution in [0.2, 0.25) is 0 Å². The maximum atomic E-state index is 14.6. The van der Waals surface area contributed by atoms with Crippen LogP contribution in [0, 0.1) is 42.3 Å². The van der Waals surface area contributed by atoms with Gasteiger partial charge in [-0.2, -0.15) is 0 Å². The minimum Gasteiger partial charge on any atom is -0.307 e. The number of rotatable bonds is 12. The summed E-state index contributed by atoms with van der Waals surface area (Å²) in [5.41, 5.74) is 5.93. The van der Waals surface area contributed by atoms with Gasteiger partial charge in [-0.1, -0.05) is 71.9 Å². The molecule has 50 heavy (non-hydrogen) atoms. The minimum atomic E-state index is -0.109. The quantitative estimate of drug-likeness (QED) is 0.133. The Hall–Kier alpha value is -2.52. The van der Waals surface area contributed by atoms with E-state index >= 15 is 0 Å². The number of nitrogens with zero attached hydrogens (tertiary/aromatic N) is 3. The number of carbonyl (C=O) groups excluding carboxylic acids is 3. The molecule has 0 fully saturated rings. The van der Waals surface area contributed by atoms with Gasteiger partial charge in [0.15, 0.2) is 0 Å². The second kappa shape index (κ2) is 17.8. The first kappa shape index (κ1) is 40.3. The van der Waals surface area contributed by atoms with Crippen LogP contribution in [0.1, 0.15) is 83.7 Å². The van der Waals surface area contributed by atoms with Gasteiger partial charge in [0, 0.05) is 47.0 Å². The standard InChI is InChI=1S/C41H46I3N3O3/c1-25(2)22-45(36-17-13-12-16-33(36)42)40(49)31-20-35(44)38(19-29(31)8)47(24-27(5)6)41(50)32-21-34(43)37(18-28(32)7)46(23-26(3)4)39(48)30-14-10-9-11-15-30/h9-21,25-27H,22-24H2,1-8H3. The molecule has 0 N–H and O–H groups in total. The SMILES string of the molecule is Cc1cc(N(CC(C)C)C(=O)c2ccccc2)c(I)cc1C(=O)N(CC(C)C)c1cc(C)c(C(=O)N(CC(C)C)c2ccccc2I)cc1I. The Bertz CT molecular complexity index is 1860. The zero-order chi connectivity index (χ0) is 36.9. The summed E-state index contributed by atoms with van der Waals surface area (Å²) in [6, 6.07) is 25.1. The van der Waals surface area contributed by atoms with Gasteiger partial charge in [0.25, 0.3) is 17.7 Å². The van der Waals surface area contributed by atoms with Gasteiger partial charge >= 0.3 is 0 Å². The molecule has 4 rings (SSSR count). The van der Waals surface area contributed by atoms with Crippen molar-refractivity contribution >= 4 is 103 Å². The van der Waals surface area contributed by atoms with Gasteiger partial charge in [-0.3, -0.25) is 14.4 Å². The van der Waals surface area contributed by atoms with E-state index in [0.717, 1.165) is 38.9 Å². The highest BCUT2D eigenvalue weighted by Crippen LogP contribution is 2.34. The molecule has 264 valence electrons. The lowest BCUT2D eigenvalue weighted by Crippen LogP contribution is -2.37. The van der Waals surface area contributed by atoms with Crippen LogP contribution < -0.4 is 14.7 Å². The number of para-hydroxylation sites is 1. The zero-order valence-electron chi connectivity index (χ0n) is 30.1. The summed E-state index contributed by atoms with van der Waals surface area (Å²) in [5.74, 6) is 0.493. The summed E-state index contributed by atoms with van der Waals surface area (Å²) >= 11 is 6.80. The highest BCUT2D eigenvalue weighted by Gasteiger charge is 2.29. The smallest absolute Gasteiger partial charge is 0.258 e. The van der Waals surface area contributed by atoms with Crippen molar-refractivity contribution in [1.82, 2.24) is 0 Å². The number of carbonyl (C=O) groups is 3. The van der Waals surface area contributed by atoms with Crippen LogP contribution in [0.4, 0.5) is 17.1 Å². The van der Waals surface area contributed by atoms with E-state index in [1.54, 1.807) is 0 Å². The summed E-state index contributed by atoms with van der Waals surface area (Å²) in [7, 11) is 0. The van der Waals surface area contributed by atoms with Crippen LogP contribution in [0.15, 0.2) is 78.9 Å². The van der Waals surface area contributed by atoms with Gasteiger partial charge in [0.2, 0.25) is 0 Å². The number of benzene rings is 4. The normalized spacial score (nSPS) is 11.3. The molecule has 0 spiro atoms. The molecule has 4 aromatic rings. The van der Waals surface area contributed by atoms with Crippen molar-refractivity contribution in [1.29, 1.82) is 0 Å². The van der Waals surface area contributed by atoms with Gasteiger partial charge in [-0.05, 0) is 159 Å². The topological polar surface area (TPSA) is 60.9 Å². The van der Waals surface area contributed by atoms with Gasteiger partial charge < -0.3 is 14.7 Å². The first-order valence-electron chi connectivity index (χ1n) is 17.0. The van der Waals surface area contributed by atoms with E-state index in [1.807, 2.05) is 107 Å². The monoisotopic (exact) mass is 1010 g/mol. The Kier molecular flexibility index (Phi) is 14.3. The molecule has 0 saturated carbocycles. The number of halogens is 3. The third-order valence-electron chi connectivity index (χ3n) is 8.17. The fraction of sp³-hybridized carbons (Fsp3) is 0.341. The predicted octanol–water partition coefficient (Wildman–Crippen LogP) is 11.0. The van der Waals surface area contributed by atoms with Crippen molar-refractivity contribution in [2.45, 2.75) is 55.4 Å². The third kappa shape index (κ3) is 9.67. The molecule has 9 heteroatoms. The van der Waals surface area contributed by atoms with Crippen LogP contribution in [0.25, 0.3) is 0 Å². The Labute approximate surface area is 338 Å². The molecular formula is C41H46I3N3O3. The van der Waals surface area contributed by atoms with Crippen molar-refractivity contribution in [3.63, 3.8) is 0 Å². The molecular weight excluding hydrogens is 963 g/mol. The third-order valence-corrected chi connectivity index (χ3v) is 10.8. The zero-order valence-corrected chi connectivity index (χ0v) is 36.5. The fourth-order valence-electron chi connectivity index (χ4n) is 5.87. The minimum absolute atomic E-state index is 0.0523. The summed E-state index contributed by atoms with van der Waals surface area (Å²) in [6.45, 7) is 18.2. The van der Waals surface area contributed by atoms with Crippen LogP contribution in [-0.2, 0) is 0 Å². The van der Waals surface area contributed by atoms with E-state index in [-0.39, 0.29) is 35.5 Å². The first-order valence-corrected chi connectivity index (χ1v) is 20.2. The second-order valence-electron chi connectivity index (χ2n) is 14.0. The van der Waals surface area contributed by atoms with E-state index in [4.69, 9.17) is 0 Å². The predicted molar refractivity (Wildman–Crippen MR) is 233 cm³/mol. The van der Waals surface area contributed by atoms with Crippen molar-refractivity contribution in [3.8, 4) is 0 Å². The number of hydrogen-bond donors (Lipinski definition) is 0. The second-order valence-corrected chi connectivity index (χ2v) is 17.5. The average Bonchev–Trinajstić information content (AvgIpc) is 3.06. The first-order chi connectivity index (χ1) is 23.6. The molecule has 0 aromatic heterocycles. The van der Waals surface area contributed by atoms with E-state index in [9.17, 15) is 14.4 Å². The van der Waals surface area contributed by atoms with Crippen LogP contribution >= 0.6 is 67.8 Å². The molecule has 0 radical (unpaired) electrons. The largest absolute Gasteiger partial charge is 0.307 e. The van der Waals surface area contributed by atoms with Crippen LogP contribution in [0.5, 0.6) is 0 Å². The molecule has 0 aliphatic rings. The molecule has 0 bridgehead atoms. The maximum absolute atomic E-state index is 14.6. The molecule has 0 saturated heterocycles. The molecule has 0 aliphatic carbocycles. The van der Waals surface area contributed by atoms with E-state index in [1.165, 1.54) is 0 Å². The lowest BCUT2D eigenvalue weighted by Gasteiger charge is -2.30. The Morgan fingerprint density at radius 3 is 1.30 bits per heavy atom. The molecule has 0 unspecified atom stereocenters. The number of aryl methyl sites for hydroxylation is 2. The average molecular weight is 1010 g/mol. The lowest BCUT2D eigenvalue weighted by molar-refractivity contribution is 0.0975. The lowest BCUT2D eigenvalue weighted by atomic mass is 10.0. The Morgan fingerprint density at radius 1 is 0.500 bits per heavy atom. The van der Waals surface area contributed by atoms with Gasteiger partial charge in [0.1, 0.15) is 0 Å². The van der Waals surface area contributed by atoms with Crippen molar-refractivity contribution in [3.05, 3.63) is 117 Å². The van der Waals surface area contributed by atoms with E-state index in [0.29, 0.717) is 36.3 Å². The maximum Gasteiger partial charge on any atom is 0.258 e. The molecule has 3 amide bonds. The highest BCUT2D eigenvalue weighted by atomic mass is 127. The molecule has 0 heterocycles. The highest BCUT2D eigenvalue weighted by molar-refractivity contribution is 14.1. The van der Waals surface area contributed by atoms with Crippen LogP contribution in [0.3, 0.4) is 0 Å². The van der Waals surface area contributed by atoms with Crippen molar-refractivity contribution in [2.24, 2.45) is 17.8 Å². The number of amides is 3. The molecule has 0 atom stereocenters. The summed E-state index contributed by atoms with van der Waals surface area (Å²) in [5, 5.41) is 0. The van der Waals surface area contributed by atoms with Crippen molar-refractivity contribution in [2.75, 3.05) is 34.3 Å². The Balaban J connectivity index is 1.75. The molecule has 6 nitrogen and oxygen atoms in total. The van der Waals surface area contributed by atoms with Gasteiger partial charge in [-0.25, -0.2) is 0 Å². The molecule has 4 aromatic carbocycles. The van der Waals surface area contributed by atoms with E-state index < -0.39 is 0 Å². The van der Waals surface area contributed by atoms with Crippen LogP contribution in [-0.4, -0.2) is 37.4 Å². The summed E-state index contributed by atoms with van der Waals surface area (Å²) in [4.78, 5) is 48.1. The van der Waals surface area contributed by atoms with E-state index in [2.05, 4.69) is 109 Å². The van der Waals surface area contributed by atoms with Gasteiger partial charge in [-0.15, -0.1) is 0 Å².